The lowest BCUT2D eigenvalue weighted by Gasteiger charge is -2.24. The fourth-order valence-electron chi connectivity index (χ4n) is 3.50. The molecule has 0 spiro atoms. The van der Waals surface area contributed by atoms with Crippen molar-refractivity contribution < 1.29 is 23.8 Å². The molecule has 1 atom stereocenters. The molecule has 3 aromatic rings. The molecule has 0 aliphatic carbocycles. The number of ketones is 1. The monoisotopic (exact) mass is 389 g/mol. The van der Waals surface area contributed by atoms with Crippen LogP contribution in [0.15, 0.2) is 83.0 Å². The first-order valence-electron chi connectivity index (χ1n) is 9.10. The van der Waals surface area contributed by atoms with E-state index in [2.05, 4.69) is 0 Å². The second kappa shape index (κ2) is 7.67. The molecule has 1 amide bonds. The average molecular weight is 389 g/mol. The van der Waals surface area contributed by atoms with E-state index in [9.17, 15) is 14.7 Å². The number of hydrogen-bond donors (Lipinski definition) is 1. The van der Waals surface area contributed by atoms with Crippen molar-refractivity contribution >= 4 is 17.4 Å². The molecule has 29 heavy (non-hydrogen) atoms. The molecule has 0 unspecified atom stereocenters. The number of carbonyl (C=O) groups excluding carboxylic acids is 2. The summed E-state index contributed by atoms with van der Waals surface area (Å²) in [5.74, 6) is -0.442. The zero-order valence-corrected chi connectivity index (χ0v) is 15.7. The molecule has 1 saturated heterocycles. The number of carbonyl (C=O) groups is 2. The van der Waals surface area contributed by atoms with Crippen molar-refractivity contribution in [3.63, 3.8) is 0 Å². The van der Waals surface area contributed by atoms with E-state index in [1.54, 1.807) is 43.5 Å². The first kappa shape index (κ1) is 18.6. The van der Waals surface area contributed by atoms with Crippen LogP contribution < -0.4 is 4.74 Å². The second-order valence-corrected chi connectivity index (χ2v) is 6.65. The minimum atomic E-state index is -0.723. The molecule has 0 bridgehead atoms. The standard InChI is InChI=1S/C23H19NO5/c1-28-17-11-9-16(10-12-17)21(25)19-20(15-6-3-2-4-7-15)24(23(27)22(19)26)14-18-8-5-13-29-18/h2-13,20,25H,14H2,1H3/t20-/m0/s1. The van der Waals surface area contributed by atoms with Crippen molar-refractivity contribution in [1.29, 1.82) is 0 Å². The minimum Gasteiger partial charge on any atom is -0.507 e. The van der Waals surface area contributed by atoms with Crippen LogP contribution >= 0.6 is 0 Å². The average Bonchev–Trinajstić information content (AvgIpc) is 3.36. The van der Waals surface area contributed by atoms with Crippen LogP contribution in [0.3, 0.4) is 0 Å². The number of nitrogens with zero attached hydrogens (tertiary/aromatic N) is 1. The predicted molar refractivity (Wildman–Crippen MR) is 106 cm³/mol. The Balaban J connectivity index is 1.83. The van der Waals surface area contributed by atoms with Crippen molar-refractivity contribution in [1.82, 2.24) is 4.90 Å². The van der Waals surface area contributed by atoms with Crippen LogP contribution in [0.5, 0.6) is 5.75 Å². The van der Waals surface area contributed by atoms with Gasteiger partial charge in [0.1, 0.15) is 17.3 Å². The molecule has 1 N–H and O–H groups in total. The van der Waals surface area contributed by atoms with Gasteiger partial charge in [-0.15, -0.1) is 0 Å². The van der Waals surface area contributed by atoms with Crippen molar-refractivity contribution in [3.8, 4) is 5.75 Å². The van der Waals surface area contributed by atoms with Gasteiger partial charge in [0.05, 0.1) is 31.5 Å². The normalized spacial score (nSPS) is 18.2. The van der Waals surface area contributed by atoms with Crippen LogP contribution in [0.4, 0.5) is 0 Å². The topological polar surface area (TPSA) is 80.0 Å². The van der Waals surface area contributed by atoms with Gasteiger partial charge in [0.15, 0.2) is 0 Å². The van der Waals surface area contributed by atoms with E-state index in [0.717, 1.165) is 5.56 Å². The highest BCUT2D eigenvalue weighted by molar-refractivity contribution is 6.46. The number of aliphatic hydroxyl groups excluding tert-OH is 1. The molecule has 6 heteroatoms. The van der Waals surface area contributed by atoms with Gasteiger partial charge < -0.3 is 19.2 Å². The van der Waals surface area contributed by atoms with Crippen molar-refractivity contribution in [2.24, 2.45) is 0 Å². The number of ether oxygens (including phenoxy) is 1. The van der Waals surface area contributed by atoms with Gasteiger partial charge >= 0.3 is 0 Å². The second-order valence-electron chi connectivity index (χ2n) is 6.65. The van der Waals surface area contributed by atoms with E-state index >= 15 is 0 Å². The number of amides is 1. The van der Waals surface area contributed by atoms with Gasteiger partial charge in [0.2, 0.25) is 0 Å². The molecule has 0 radical (unpaired) electrons. The van der Waals surface area contributed by atoms with E-state index in [1.165, 1.54) is 11.2 Å². The number of furan rings is 1. The van der Waals surface area contributed by atoms with Crippen molar-refractivity contribution in [2.45, 2.75) is 12.6 Å². The SMILES string of the molecule is COc1ccc(C(O)=C2C(=O)C(=O)N(Cc3ccco3)[C@H]2c2ccccc2)cc1. The first-order valence-corrected chi connectivity index (χ1v) is 9.10. The number of hydrogen-bond acceptors (Lipinski definition) is 5. The molecule has 2 heterocycles. The molecule has 4 rings (SSSR count). The van der Waals surface area contributed by atoms with Gasteiger partial charge in [0, 0.05) is 5.56 Å². The number of rotatable bonds is 5. The van der Waals surface area contributed by atoms with Crippen LogP contribution in [0, 0.1) is 0 Å². The molecule has 0 saturated carbocycles. The highest BCUT2D eigenvalue weighted by atomic mass is 16.5. The third-order valence-corrected chi connectivity index (χ3v) is 4.93. The van der Waals surface area contributed by atoms with E-state index in [1.807, 2.05) is 30.3 Å². The van der Waals surface area contributed by atoms with E-state index in [0.29, 0.717) is 17.1 Å². The third-order valence-electron chi connectivity index (χ3n) is 4.93. The summed E-state index contributed by atoms with van der Waals surface area (Å²) < 4.78 is 10.5. The molecule has 1 fully saturated rings. The van der Waals surface area contributed by atoms with Gasteiger partial charge in [-0.05, 0) is 42.0 Å². The molecule has 1 aromatic heterocycles. The van der Waals surface area contributed by atoms with Gasteiger partial charge in [0.25, 0.3) is 11.7 Å². The Hall–Kier alpha value is -3.80. The van der Waals surface area contributed by atoms with E-state index in [4.69, 9.17) is 9.15 Å². The lowest BCUT2D eigenvalue weighted by molar-refractivity contribution is -0.140. The summed E-state index contributed by atoms with van der Waals surface area (Å²) in [5, 5.41) is 11.0. The van der Waals surface area contributed by atoms with Gasteiger partial charge in [-0.1, -0.05) is 30.3 Å². The summed E-state index contributed by atoms with van der Waals surface area (Å²) >= 11 is 0. The molecular formula is C23H19NO5. The quantitative estimate of drug-likeness (QED) is 0.407. The van der Waals surface area contributed by atoms with Crippen LogP contribution in [0.25, 0.3) is 5.76 Å². The summed E-state index contributed by atoms with van der Waals surface area (Å²) in [7, 11) is 1.55. The molecular weight excluding hydrogens is 370 g/mol. The number of aliphatic hydroxyl groups is 1. The van der Waals surface area contributed by atoms with Crippen LogP contribution in [-0.4, -0.2) is 28.8 Å². The largest absolute Gasteiger partial charge is 0.507 e. The van der Waals surface area contributed by atoms with Crippen molar-refractivity contribution in [2.75, 3.05) is 7.11 Å². The highest BCUT2D eigenvalue weighted by Gasteiger charge is 2.46. The molecule has 146 valence electrons. The smallest absolute Gasteiger partial charge is 0.296 e. The highest BCUT2D eigenvalue weighted by Crippen LogP contribution is 2.40. The van der Waals surface area contributed by atoms with Gasteiger partial charge in [-0.2, -0.15) is 0 Å². The molecule has 6 nitrogen and oxygen atoms in total. The summed E-state index contributed by atoms with van der Waals surface area (Å²) in [6, 6.07) is 18.6. The minimum absolute atomic E-state index is 0.0536. The lowest BCUT2D eigenvalue weighted by Crippen LogP contribution is -2.29. The summed E-state index contributed by atoms with van der Waals surface area (Å²) in [5.41, 5.74) is 1.22. The van der Waals surface area contributed by atoms with Gasteiger partial charge in [-0.25, -0.2) is 0 Å². The Morgan fingerprint density at radius 2 is 1.76 bits per heavy atom. The maximum Gasteiger partial charge on any atom is 0.296 e. The van der Waals surface area contributed by atoms with Crippen LogP contribution in [0.2, 0.25) is 0 Å². The molecule has 1 aliphatic heterocycles. The Bertz CT molecular complexity index is 1050. The summed E-state index contributed by atoms with van der Waals surface area (Å²) in [6.45, 7) is 0.122. The number of likely N-dealkylation sites (tertiary alicyclic amines) is 1. The lowest BCUT2D eigenvalue weighted by atomic mass is 9.95. The zero-order chi connectivity index (χ0) is 20.4. The Labute approximate surface area is 167 Å². The Morgan fingerprint density at radius 3 is 2.38 bits per heavy atom. The van der Waals surface area contributed by atoms with Gasteiger partial charge in [-0.3, -0.25) is 9.59 Å². The maximum absolute atomic E-state index is 12.9. The maximum atomic E-state index is 12.9. The van der Waals surface area contributed by atoms with E-state index < -0.39 is 17.7 Å². The van der Waals surface area contributed by atoms with Crippen LogP contribution in [0.1, 0.15) is 22.9 Å². The number of benzene rings is 2. The fraction of sp³-hybridized carbons (Fsp3) is 0.130. The third kappa shape index (κ3) is 3.40. The first-order chi connectivity index (χ1) is 14.1. The van der Waals surface area contributed by atoms with E-state index in [-0.39, 0.29) is 17.9 Å². The van der Waals surface area contributed by atoms with Crippen LogP contribution in [-0.2, 0) is 16.1 Å². The number of methoxy groups -OCH3 is 1. The fourth-order valence-corrected chi connectivity index (χ4v) is 3.50. The summed E-state index contributed by atoms with van der Waals surface area (Å²) in [4.78, 5) is 27.2. The molecule has 2 aromatic carbocycles. The predicted octanol–water partition coefficient (Wildman–Crippen LogP) is 3.91. The Kier molecular flexibility index (Phi) is 4.91. The van der Waals surface area contributed by atoms with Crippen molar-refractivity contribution in [3.05, 3.63) is 95.5 Å². The number of Topliss-reactive ketones (excluding diaryl/α,β-unsaturated/α-hetero) is 1. The Morgan fingerprint density at radius 1 is 1.03 bits per heavy atom. The molecule has 1 aliphatic rings. The summed E-state index contributed by atoms with van der Waals surface area (Å²) in [6.07, 6.45) is 1.51. The zero-order valence-electron chi connectivity index (χ0n) is 15.7.